The molecule has 1 N–H and O–H groups in total. The van der Waals surface area contributed by atoms with E-state index in [4.69, 9.17) is 0 Å². The van der Waals surface area contributed by atoms with E-state index in [1.54, 1.807) is 0 Å². The smallest absolute Gasteiger partial charge is 0.0345 e. The number of nitrogens with zero attached hydrogens (tertiary/aromatic N) is 2. The molecule has 4 aliphatic rings. The van der Waals surface area contributed by atoms with Crippen LogP contribution in [0.25, 0.3) is 0 Å². The van der Waals surface area contributed by atoms with Gasteiger partial charge in [-0.15, -0.1) is 0 Å². The number of nitrogens with one attached hydrogen (secondary N) is 1. The molecule has 3 saturated heterocycles. The van der Waals surface area contributed by atoms with Crippen molar-refractivity contribution in [3.8, 4) is 0 Å². The molecule has 1 aliphatic carbocycles. The minimum Gasteiger partial charge on any atom is -0.314 e. The van der Waals surface area contributed by atoms with Gasteiger partial charge in [-0.3, -0.25) is 9.80 Å². The summed E-state index contributed by atoms with van der Waals surface area (Å²) in [7, 11) is 0. The quantitative estimate of drug-likeness (QED) is 0.812. The van der Waals surface area contributed by atoms with Crippen molar-refractivity contribution in [2.45, 2.75) is 44.7 Å². The maximum atomic E-state index is 3.40. The standard InChI is InChI=1S/C16H29N3/c1-12-6-13-10-19(11-14(13)7-12)15-2-4-18(5-3-15)16-8-17-9-16/h12-17H,2-11H2,1H3. The predicted octanol–water partition coefficient (Wildman–Crippen LogP) is 1.40. The SMILES string of the molecule is CC1CC2CN(C3CCN(C4CNC4)CC3)CC2C1. The van der Waals surface area contributed by atoms with Crippen LogP contribution in [0, 0.1) is 17.8 Å². The fourth-order valence-electron chi connectivity index (χ4n) is 5.08. The van der Waals surface area contributed by atoms with Crippen molar-refractivity contribution in [1.82, 2.24) is 15.1 Å². The zero-order valence-corrected chi connectivity index (χ0v) is 12.4. The van der Waals surface area contributed by atoms with E-state index in [-0.39, 0.29) is 0 Å². The van der Waals surface area contributed by atoms with E-state index in [1.165, 1.54) is 65.0 Å². The lowest BCUT2D eigenvalue weighted by atomic mass is 9.99. The topological polar surface area (TPSA) is 18.5 Å². The molecule has 0 amide bonds. The number of likely N-dealkylation sites (tertiary alicyclic amines) is 2. The Hall–Kier alpha value is -0.120. The van der Waals surface area contributed by atoms with Gasteiger partial charge in [0, 0.05) is 51.4 Å². The maximum absolute atomic E-state index is 3.40. The van der Waals surface area contributed by atoms with Crippen LogP contribution >= 0.6 is 0 Å². The van der Waals surface area contributed by atoms with E-state index in [2.05, 4.69) is 22.0 Å². The molecule has 0 aromatic carbocycles. The third-order valence-electron chi connectivity index (χ3n) is 6.31. The summed E-state index contributed by atoms with van der Waals surface area (Å²) in [6.07, 6.45) is 5.86. The van der Waals surface area contributed by atoms with Gasteiger partial charge in [0.25, 0.3) is 0 Å². The van der Waals surface area contributed by atoms with Crippen LogP contribution in [0.15, 0.2) is 0 Å². The van der Waals surface area contributed by atoms with Gasteiger partial charge in [0.15, 0.2) is 0 Å². The molecular formula is C16H29N3. The molecule has 3 aliphatic heterocycles. The zero-order chi connectivity index (χ0) is 12.8. The first-order valence-electron chi connectivity index (χ1n) is 8.48. The van der Waals surface area contributed by atoms with Gasteiger partial charge in [0.05, 0.1) is 0 Å². The molecule has 19 heavy (non-hydrogen) atoms. The molecule has 3 heterocycles. The summed E-state index contributed by atoms with van der Waals surface area (Å²) in [5.74, 6) is 3.10. The fraction of sp³-hybridized carbons (Fsp3) is 1.00. The van der Waals surface area contributed by atoms with E-state index in [1.807, 2.05) is 0 Å². The highest BCUT2D eigenvalue weighted by Crippen LogP contribution is 2.42. The van der Waals surface area contributed by atoms with Crippen LogP contribution in [0.4, 0.5) is 0 Å². The Balaban J connectivity index is 1.28. The Labute approximate surface area is 117 Å². The van der Waals surface area contributed by atoms with E-state index in [9.17, 15) is 0 Å². The summed E-state index contributed by atoms with van der Waals surface area (Å²) in [6, 6.07) is 1.77. The van der Waals surface area contributed by atoms with Gasteiger partial charge in [-0.2, -0.15) is 0 Å². The van der Waals surface area contributed by atoms with Crippen LogP contribution in [0.5, 0.6) is 0 Å². The van der Waals surface area contributed by atoms with Gasteiger partial charge < -0.3 is 5.32 Å². The van der Waals surface area contributed by atoms with Gasteiger partial charge >= 0.3 is 0 Å². The third-order valence-corrected chi connectivity index (χ3v) is 6.31. The Bertz CT molecular complexity index is 306. The van der Waals surface area contributed by atoms with Crippen molar-refractivity contribution in [3.63, 3.8) is 0 Å². The van der Waals surface area contributed by atoms with Crippen LogP contribution in [0.2, 0.25) is 0 Å². The largest absolute Gasteiger partial charge is 0.314 e. The van der Waals surface area contributed by atoms with Crippen LogP contribution in [-0.4, -0.2) is 61.2 Å². The average molecular weight is 263 g/mol. The van der Waals surface area contributed by atoms with Crippen LogP contribution in [0.1, 0.15) is 32.6 Å². The Morgan fingerprint density at radius 2 is 1.47 bits per heavy atom. The number of piperidine rings is 1. The second-order valence-electron chi connectivity index (χ2n) is 7.63. The third kappa shape index (κ3) is 2.34. The Morgan fingerprint density at radius 1 is 0.842 bits per heavy atom. The average Bonchev–Trinajstić information content (AvgIpc) is 2.84. The molecule has 108 valence electrons. The number of hydrogen-bond acceptors (Lipinski definition) is 3. The maximum Gasteiger partial charge on any atom is 0.0345 e. The lowest BCUT2D eigenvalue weighted by Crippen LogP contribution is -2.60. The molecule has 3 nitrogen and oxygen atoms in total. The Kier molecular flexibility index (Phi) is 3.33. The van der Waals surface area contributed by atoms with Crippen molar-refractivity contribution < 1.29 is 0 Å². The normalized spacial score (nSPS) is 42.5. The first-order valence-corrected chi connectivity index (χ1v) is 8.48. The number of hydrogen-bond donors (Lipinski definition) is 1. The summed E-state index contributed by atoms with van der Waals surface area (Å²) in [4.78, 5) is 5.59. The molecular weight excluding hydrogens is 234 g/mol. The van der Waals surface area contributed by atoms with Crippen LogP contribution in [0.3, 0.4) is 0 Å². The first kappa shape index (κ1) is 12.6. The van der Waals surface area contributed by atoms with Gasteiger partial charge in [0.2, 0.25) is 0 Å². The van der Waals surface area contributed by atoms with Crippen LogP contribution in [-0.2, 0) is 0 Å². The van der Waals surface area contributed by atoms with E-state index in [0.29, 0.717) is 0 Å². The summed E-state index contributed by atoms with van der Waals surface area (Å²) < 4.78 is 0. The molecule has 2 unspecified atom stereocenters. The zero-order valence-electron chi connectivity index (χ0n) is 12.4. The highest BCUT2D eigenvalue weighted by atomic mass is 15.3. The van der Waals surface area contributed by atoms with Gasteiger partial charge in [-0.1, -0.05) is 6.92 Å². The molecule has 4 rings (SSSR count). The summed E-state index contributed by atoms with van der Waals surface area (Å²) in [5.41, 5.74) is 0. The molecule has 0 radical (unpaired) electrons. The Morgan fingerprint density at radius 3 is 2.00 bits per heavy atom. The monoisotopic (exact) mass is 263 g/mol. The van der Waals surface area contributed by atoms with Crippen molar-refractivity contribution in [3.05, 3.63) is 0 Å². The van der Waals surface area contributed by atoms with Crippen molar-refractivity contribution in [2.75, 3.05) is 39.3 Å². The van der Waals surface area contributed by atoms with Gasteiger partial charge in [-0.25, -0.2) is 0 Å². The molecule has 1 saturated carbocycles. The van der Waals surface area contributed by atoms with E-state index >= 15 is 0 Å². The lowest BCUT2D eigenvalue weighted by molar-refractivity contribution is 0.0712. The predicted molar refractivity (Wildman–Crippen MR) is 78.2 cm³/mol. The minimum absolute atomic E-state index is 0.861. The van der Waals surface area contributed by atoms with E-state index < -0.39 is 0 Å². The van der Waals surface area contributed by atoms with Crippen molar-refractivity contribution in [2.24, 2.45) is 17.8 Å². The minimum atomic E-state index is 0.861. The molecule has 0 spiro atoms. The molecule has 0 aromatic rings. The molecule has 2 atom stereocenters. The van der Waals surface area contributed by atoms with Gasteiger partial charge in [0.1, 0.15) is 0 Å². The highest BCUT2D eigenvalue weighted by molar-refractivity contribution is 4.95. The summed E-state index contributed by atoms with van der Waals surface area (Å²) >= 11 is 0. The highest BCUT2D eigenvalue weighted by Gasteiger charge is 2.42. The molecule has 0 bridgehead atoms. The lowest BCUT2D eigenvalue weighted by Gasteiger charge is -2.44. The number of fused-ring (bicyclic) bond motifs is 1. The second kappa shape index (κ2) is 5.01. The molecule has 3 heteroatoms. The van der Waals surface area contributed by atoms with Gasteiger partial charge in [-0.05, 0) is 43.4 Å². The summed E-state index contributed by atoms with van der Waals surface area (Å²) in [5, 5.41) is 3.40. The summed E-state index contributed by atoms with van der Waals surface area (Å²) in [6.45, 7) is 10.5. The second-order valence-corrected chi connectivity index (χ2v) is 7.63. The van der Waals surface area contributed by atoms with Crippen molar-refractivity contribution in [1.29, 1.82) is 0 Å². The molecule has 4 fully saturated rings. The van der Waals surface area contributed by atoms with Crippen LogP contribution < -0.4 is 5.32 Å². The fourth-order valence-corrected chi connectivity index (χ4v) is 5.08. The first-order chi connectivity index (χ1) is 9.29. The van der Waals surface area contributed by atoms with Crippen molar-refractivity contribution >= 4 is 0 Å². The van der Waals surface area contributed by atoms with E-state index in [0.717, 1.165) is 29.8 Å². The number of rotatable bonds is 2. The molecule has 0 aromatic heterocycles.